The molecule has 130 valence electrons. The summed E-state index contributed by atoms with van der Waals surface area (Å²) in [6.07, 6.45) is 12.3. The quantitative estimate of drug-likeness (QED) is 0.768. The van der Waals surface area contributed by atoms with E-state index < -0.39 is 0 Å². The van der Waals surface area contributed by atoms with E-state index in [1.165, 1.54) is 10.8 Å². The Bertz CT molecular complexity index is 1130. The second-order valence-electron chi connectivity index (χ2n) is 7.22. The minimum absolute atomic E-state index is 0.0283. The molecule has 0 amide bonds. The van der Waals surface area contributed by atoms with E-state index in [1.807, 2.05) is 24.4 Å². The first-order valence-electron chi connectivity index (χ1n) is 8.77. The van der Waals surface area contributed by atoms with Crippen LogP contribution in [0.1, 0.15) is 19.4 Å². The molecule has 3 aromatic rings. The van der Waals surface area contributed by atoms with E-state index in [-0.39, 0.29) is 5.41 Å². The van der Waals surface area contributed by atoms with Crippen LogP contribution >= 0.6 is 0 Å². The fraction of sp³-hybridized carbons (Fsp3) is 0.182. The van der Waals surface area contributed by atoms with E-state index in [0.29, 0.717) is 12.4 Å². The van der Waals surface area contributed by atoms with Gasteiger partial charge in [-0.1, -0.05) is 56.4 Å². The molecule has 0 atom stereocenters. The van der Waals surface area contributed by atoms with Gasteiger partial charge in [-0.05, 0) is 28.3 Å². The zero-order valence-electron chi connectivity index (χ0n) is 15.0. The molecule has 4 nitrogen and oxygen atoms in total. The number of nitrogen functional groups attached to an aromatic ring is 1. The molecule has 2 heterocycles. The Kier molecular flexibility index (Phi) is 3.96. The fourth-order valence-electron chi connectivity index (χ4n) is 3.40. The molecule has 1 aliphatic rings. The summed E-state index contributed by atoms with van der Waals surface area (Å²) in [7, 11) is 0. The van der Waals surface area contributed by atoms with E-state index in [2.05, 4.69) is 65.6 Å². The largest absolute Gasteiger partial charge is 0.383 e. The van der Waals surface area contributed by atoms with Gasteiger partial charge < -0.3 is 11.1 Å². The number of pyridine rings is 2. The van der Waals surface area contributed by atoms with Gasteiger partial charge in [0.15, 0.2) is 0 Å². The van der Waals surface area contributed by atoms with Crippen molar-refractivity contribution in [3.8, 4) is 0 Å². The van der Waals surface area contributed by atoms with Crippen LogP contribution in [0.25, 0.3) is 22.9 Å². The van der Waals surface area contributed by atoms with Gasteiger partial charge >= 0.3 is 0 Å². The van der Waals surface area contributed by atoms with E-state index in [1.54, 1.807) is 6.20 Å². The molecule has 0 unspecified atom stereocenters. The Hall–Kier alpha value is -3.14. The van der Waals surface area contributed by atoms with Gasteiger partial charge in [-0.3, -0.25) is 0 Å². The first kappa shape index (κ1) is 16.3. The number of fused-ring (bicyclic) bond motifs is 2. The minimum atomic E-state index is 0.0283. The summed E-state index contributed by atoms with van der Waals surface area (Å²) < 4.78 is 0. The molecule has 2 aromatic heterocycles. The van der Waals surface area contributed by atoms with Crippen LogP contribution in [-0.4, -0.2) is 9.97 Å². The smallest absolute Gasteiger partial charge is 0.134 e. The summed E-state index contributed by atoms with van der Waals surface area (Å²) >= 11 is 0. The van der Waals surface area contributed by atoms with Crippen molar-refractivity contribution in [3.63, 3.8) is 0 Å². The molecular weight excluding hydrogens is 320 g/mol. The van der Waals surface area contributed by atoms with Crippen molar-refractivity contribution in [2.75, 3.05) is 11.1 Å². The molecule has 1 aliphatic carbocycles. The normalized spacial score (nSPS) is 14.8. The molecule has 26 heavy (non-hydrogen) atoms. The van der Waals surface area contributed by atoms with Crippen LogP contribution in [0.3, 0.4) is 0 Å². The minimum Gasteiger partial charge on any atom is -0.383 e. The van der Waals surface area contributed by atoms with Crippen molar-refractivity contribution in [3.05, 3.63) is 70.9 Å². The Morgan fingerprint density at radius 2 is 1.88 bits per heavy atom. The summed E-state index contributed by atoms with van der Waals surface area (Å²) in [5.41, 5.74) is 7.20. The number of rotatable bonds is 3. The average molecular weight is 342 g/mol. The van der Waals surface area contributed by atoms with Gasteiger partial charge in [0.05, 0.1) is 0 Å². The van der Waals surface area contributed by atoms with E-state index in [9.17, 15) is 0 Å². The molecule has 0 fully saturated rings. The number of hydrogen-bond donors (Lipinski definition) is 2. The molecule has 1 aromatic carbocycles. The molecule has 4 rings (SSSR count). The third kappa shape index (κ3) is 3.06. The van der Waals surface area contributed by atoms with E-state index in [4.69, 9.17) is 5.73 Å². The SMILES string of the molecule is CC1(C)C=CC=c2c(NCc3cccc4c(N)nccc34)nccc2=C1. The first-order valence-corrected chi connectivity index (χ1v) is 8.77. The Morgan fingerprint density at radius 1 is 1.04 bits per heavy atom. The number of anilines is 2. The average Bonchev–Trinajstić information content (AvgIpc) is 2.77. The lowest BCUT2D eigenvalue weighted by Gasteiger charge is -2.13. The monoisotopic (exact) mass is 342 g/mol. The van der Waals surface area contributed by atoms with Gasteiger partial charge in [0.25, 0.3) is 0 Å². The second-order valence-corrected chi connectivity index (χ2v) is 7.22. The molecular formula is C22H22N4. The summed E-state index contributed by atoms with van der Waals surface area (Å²) in [6, 6.07) is 10.2. The van der Waals surface area contributed by atoms with Crippen molar-refractivity contribution in [2.45, 2.75) is 20.4 Å². The number of allylic oxidation sites excluding steroid dienone is 2. The highest BCUT2D eigenvalue weighted by Crippen LogP contribution is 2.23. The zero-order valence-corrected chi connectivity index (χ0v) is 15.0. The van der Waals surface area contributed by atoms with Crippen molar-refractivity contribution in [1.29, 1.82) is 0 Å². The molecule has 4 heteroatoms. The predicted molar refractivity (Wildman–Crippen MR) is 109 cm³/mol. The second kappa shape index (κ2) is 6.30. The van der Waals surface area contributed by atoms with Crippen molar-refractivity contribution in [2.24, 2.45) is 5.41 Å². The standard InChI is InChI=1S/C22H22N4/c1-22(2)10-4-7-18-15(13-22)8-11-25-21(18)26-14-16-5-3-6-19-17(16)9-12-24-20(19)23/h3-13H,14H2,1-2H3,(H2,23,24)(H,25,26). The number of hydrogen-bond acceptors (Lipinski definition) is 4. The van der Waals surface area contributed by atoms with Crippen LogP contribution in [0.4, 0.5) is 11.6 Å². The van der Waals surface area contributed by atoms with Crippen LogP contribution in [0.5, 0.6) is 0 Å². The lowest BCUT2D eigenvalue weighted by molar-refractivity contribution is 0.670. The topological polar surface area (TPSA) is 63.8 Å². The molecule has 3 N–H and O–H groups in total. The Labute approximate surface area is 152 Å². The van der Waals surface area contributed by atoms with Crippen molar-refractivity contribution < 1.29 is 0 Å². The first-order chi connectivity index (χ1) is 12.5. The van der Waals surface area contributed by atoms with Gasteiger partial charge in [0.2, 0.25) is 0 Å². The third-order valence-electron chi connectivity index (χ3n) is 4.71. The van der Waals surface area contributed by atoms with Gasteiger partial charge in [-0.2, -0.15) is 0 Å². The third-order valence-corrected chi connectivity index (χ3v) is 4.71. The number of nitrogens with one attached hydrogen (secondary N) is 1. The lowest BCUT2D eigenvalue weighted by Crippen LogP contribution is -2.30. The molecule has 0 saturated carbocycles. The molecule has 0 saturated heterocycles. The highest BCUT2D eigenvalue weighted by molar-refractivity contribution is 5.93. The Balaban J connectivity index is 1.72. The molecule has 0 aliphatic heterocycles. The van der Waals surface area contributed by atoms with Crippen molar-refractivity contribution in [1.82, 2.24) is 9.97 Å². The van der Waals surface area contributed by atoms with Crippen LogP contribution < -0.4 is 21.5 Å². The number of aromatic nitrogens is 2. The maximum absolute atomic E-state index is 6.01. The van der Waals surface area contributed by atoms with Gasteiger partial charge in [0.1, 0.15) is 11.6 Å². The fourth-order valence-corrected chi connectivity index (χ4v) is 3.40. The van der Waals surface area contributed by atoms with Gasteiger partial charge in [-0.15, -0.1) is 0 Å². The molecule has 0 spiro atoms. The summed E-state index contributed by atoms with van der Waals surface area (Å²) in [6.45, 7) is 5.08. The van der Waals surface area contributed by atoms with Crippen LogP contribution in [0.2, 0.25) is 0 Å². The maximum Gasteiger partial charge on any atom is 0.134 e. The van der Waals surface area contributed by atoms with E-state index in [0.717, 1.165) is 21.8 Å². The van der Waals surface area contributed by atoms with Crippen LogP contribution in [0.15, 0.2) is 54.9 Å². The summed E-state index contributed by atoms with van der Waals surface area (Å²) in [5, 5.41) is 7.92. The van der Waals surface area contributed by atoms with Gasteiger partial charge in [0, 0.05) is 35.0 Å². The maximum atomic E-state index is 6.01. The Morgan fingerprint density at radius 3 is 2.77 bits per heavy atom. The highest BCUT2D eigenvalue weighted by Gasteiger charge is 2.12. The van der Waals surface area contributed by atoms with Crippen molar-refractivity contribution >= 4 is 34.6 Å². The highest BCUT2D eigenvalue weighted by atomic mass is 15.0. The molecule has 0 radical (unpaired) electrons. The summed E-state index contributed by atoms with van der Waals surface area (Å²) in [5.74, 6) is 1.45. The van der Waals surface area contributed by atoms with Crippen LogP contribution in [-0.2, 0) is 6.54 Å². The number of nitrogens with zero attached hydrogens (tertiary/aromatic N) is 2. The van der Waals surface area contributed by atoms with Crippen LogP contribution in [0, 0.1) is 5.41 Å². The summed E-state index contributed by atoms with van der Waals surface area (Å²) in [4.78, 5) is 8.74. The van der Waals surface area contributed by atoms with Gasteiger partial charge in [-0.25, -0.2) is 9.97 Å². The predicted octanol–water partition coefficient (Wildman–Crippen LogP) is 2.98. The molecule has 0 bridgehead atoms. The number of nitrogens with two attached hydrogens (primary N) is 1. The number of benzene rings is 1. The lowest BCUT2D eigenvalue weighted by atomic mass is 9.92. The zero-order chi connectivity index (χ0) is 18.1. The van der Waals surface area contributed by atoms with E-state index >= 15 is 0 Å².